The fraction of sp³-hybridized carbons (Fsp3) is 0.304. The number of benzene rings is 1. The Morgan fingerprint density at radius 3 is 2.62 bits per heavy atom. The Hall–Kier alpha value is -3.72. The highest BCUT2D eigenvalue weighted by molar-refractivity contribution is 5.91. The zero-order valence-electron chi connectivity index (χ0n) is 18.3. The first-order valence-electron chi connectivity index (χ1n) is 10.7. The highest BCUT2D eigenvalue weighted by Crippen LogP contribution is 2.29. The van der Waals surface area contributed by atoms with Crippen LogP contribution in [0.5, 0.6) is 17.4 Å². The summed E-state index contributed by atoms with van der Waals surface area (Å²) in [6.45, 7) is 6.53. The van der Waals surface area contributed by atoms with Gasteiger partial charge in [0.2, 0.25) is 5.88 Å². The number of aryl methyl sites for hydroxylation is 1. The van der Waals surface area contributed by atoms with Gasteiger partial charge < -0.3 is 19.7 Å². The quantitative estimate of drug-likeness (QED) is 0.463. The van der Waals surface area contributed by atoms with Gasteiger partial charge in [0.25, 0.3) is 0 Å². The van der Waals surface area contributed by atoms with Gasteiger partial charge in [-0.2, -0.15) is 5.10 Å². The predicted octanol–water partition coefficient (Wildman–Crippen LogP) is 2.35. The van der Waals surface area contributed by atoms with Gasteiger partial charge in [-0.3, -0.25) is 4.68 Å². The van der Waals surface area contributed by atoms with E-state index in [9.17, 15) is 0 Å². The molecule has 164 valence electrons. The molecule has 1 aromatic carbocycles. The molecule has 0 bridgehead atoms. The van der Waals surface area contributed by atoms with Crippen molar-refractivity contribution in [1.82, 2.24) is 24.7 Å². The summed E-state index contributed by atoms with van der Waals surface area (Å²) in [4.78, 5) is 14.7. The van der Waals surface area contributed by atoms with Crippen LogP contribution in [0.3, 0.4) is 0 Å². The highest BCUT2D eigenvalue weighted by atomic mass is 16.5. The second-order valence-corrected chi connectivity index (χ2v) is 8.30. The average Bonchev–Trinajstić information content (AvgIpc) is 3.16. The van der Waals surface area contributed by atoms with Crippen molar-refractivity contribution in [3.05, 3.63) is 55.1 Å². The highest BCUT2D eigenvalue weighted by Gasteiger charge is 2.34. The number of hydrogen-bond acceptors (Lipinski definition) is 7. The molecule has 32 heavy (non-hydrogen) atoms. The third-order valence-corrected chi connectivity index (χ3v) is 5.60. The zero-order valence-corrected chi connectivity index (χ0v) is 18.3. The molecule has 0 radical (unpaired) electrons. The summed E-state index contributed by atoms with van der Waals surface area (Å²) in [6.07, 6.45) is 5.36. The number of nitrogens with one attached hydrogen (secondary N) is 2. The summed E-state index contributed by atoms with van der Waals surface area (Å²) in [6, 6.07) is 11.9. The Labute approximate surface area is 186 Å². The van der Waals surface area contributed by atoms with Crippen LogP contribution in [0, 0.1) is 0 Å². The van der Waals surface area contributed by atoms with Gasteiger partial charge in [-0.1, -0.05) is 0 Å². The van der Waals surface area contributed by atoms with Gasteiger partial charge in [-0.05, 0) is 38.1 Å². The zero-order chi connectivity index (χ0) is 22.1. The lowest BCUT2D eigenvalue weighted by Gasteiger charge is -2.37. The van der Waals surface area contributed by atoms with E-state index in [-0.39, 0.29) is 6.10 Å². The van der Waals surface area contributed by atoms with Crippen molar-refractivity contribution in [3.8, 4) is 17.4 Å². The molecule has 0 spiro atoms. The van der Waals surface area contributed by atoms with Crippen molar-refractivity contribution >= 4 is 22.5 Å². The van der Waals surface area contributed by atoms with E-state index in [2.05, 4.69) is 39.2 Å². The maximum absolute atomic E-state index is 6.00. The molecule has 1 fully saturated rings. The number of anilines is 2. The lowest BCUT2D eigenvalue weighted by atomic mass is 10.1. The molecule has 0 amide bonds. The Kier molecular flexibility index (Phi) is 5.32. The van der Waals surface area contributed by atoms with Crippen molar-refractivity contribution in [2.75, 3.05) is 18.4 Å². The van der Waals surface area contributed by atoms with E-state index in [1.54, 1.807) is 15.8 Å². The number of fused-ring (bicyclic) bond motifs is 1. The largest absolute Gasteiger partial charge is 0.477 e. The molecule has 1 saturated heterocycles. The number of hydrogen-bond donors (Lipinski definition) is 2. The minimum absolute atomic E-state index is 0.256. The molecule has 0 unspecified atom stereocenters. The SMILES string of the molecule is CC(C)[NH+]1CC(Oc2ccc(Oc3ccc4ncnc(Nc5ccn(C)n5)c4c3)nc2)C1. The van der Waals surface area contributed by atoms with Crippen LogP contribution in [0.25, 0.3) is 10.9 Å². The van der Waals surface area contributed by atoms with Crippen molar-refractivity contribution in [2.24, 2.45) is 7.05 Å². The summed E-state index contributed by atoms with van der Waals surface area (Å²) in [5.74, 6) is 3.28. The van der Waals surface area contributed by atoms with Gasteiger partial charge in [-0.25, -0.2) is 15.0 Å². The fourth-order valence-corrected chi connectivity index (χ4v) is 3.69. The van der Waals surface area contributed by atoms with Crippen LogP contribution in [-0.2, 0) is 7.05 Å². The van der Waals surface area contributed by atoms with Crippen LogP contribution in [0.1, 0.15) is 13.8 Å². The Morgan fingerprint density at radius 2 is 1.91 bits per heavy atom. The maximum Gasteiger partial charge on any atom is 0.219 e. The number of ether oxygens (including phenoxy) is 2. The third kappa shape index (κ3) is 4.33. The molecule has 0 saturated carbocycles. The molecule has 5 rings (SSSR count). The summed E-state index contributed by atoms with van der Waals surface area (Å²) in [5.41, 5.74) is 0.806. The van der Waals surface area contributed by atoms with E-state index >= 15 is 0 Å². The lowest BCUT2D eigenvalue weighted by Crippen LogP contribution is -3.24. The van der Waals surface area contributed by atoms with Gasteiger partial charge >= 0.3 is 0 Å². The third-order valence-electron chi connectivity index (χ3n) is 5.60. The number of nitrogens with zero attached hydrogens (tertiary/aromatic N) is 5. The number of aromatic nitrogens is 5. The molecule has 0 aliphatic carbocycles. The van der Waals surface area contributed by atoms with Crippen LogP contribution in [0.2, 0.25) is 0 Å². The number of pyridine rings is 1. The molecule has 2 N–H and O–H groups in total. The lowest BCUT2D eigenvalue weighted by molar-refractivity contribution is -0.967. The predicted molar refractivity (Wildman–Crippen MR) is 121 cm³/mol. The molecule has 4 heterocycles. The van der Waals surface area contributed by atoms with E-state index in [4.69, 9.17) is 9.47 Å². The molecule has 3 aromatic heterocycles. The molecule has 9 nitrogen and oxygen atoms in total. The molecular weight excluding hydrogens is 406 g/mol. The Morgan fingerprint density at radius 1 is 1.06 bits per heavy atom. The van der Waals surface area contributed by atoms with Crippen molar-refractivity contribution < 1.29 is 14.4 Å². The van der Waals surface area contributed by atoms with Crippen LogP contribution < -0.4 is 19.7 Å². The molecule has 0 atom stereocenters. The first-order chi connectivity index (χ1) is 15.5. The molecule has 1 aliphatic heterocycles. The molecule has 4 aromatic rings. The smallest absolute Gasteiger partial charge is 0.219 e. The van der Waals surface area contributed by atoms with Gasteiger partial charge in [-0.15, -0.1) is 0 Å². The van der Waals surface area contributed by atoms with Crippen molar-refractivity contribution in [2.45, 2.75) is 26.0 Å². The second-order valence-electron chi connectivity index (χ2n) is 8.30. The van der Waals surface area contributed by atoms with E-state index in [0.29, 0.717) is 29.3 Å². The fourth-order valence-electron chi connectivity index (χ4n) is 3.69. The van der Waals surface area contributed by atoms with E-state index in [1.807, 2.05) is 49.6 Å². The van der Waals surface area contributed by atoms with E-state index in [1.165, 1.54) is 6.33 Å². The second kappa shape index (κ2) is 8.43. The van der Waals surface area contributed by atoms with Gasteiger partial charge in [0.15, 0.2) is 11.9 Å². The number of rotatable bonds is 7. The first kappa shape index (κ1) is 20.2. The van der Waals surface area contributed by atoms with Crippen LogP contribution in [0.4, 0.5) is 11.6 Å². The molecular formula is C23H26N7O2+. The van der Waals surface area contributed by atoms with E-state index in [0.717, 1.165) is 29.7 Å². The van der Waals surface area contributed by atoms with Gasteiger partial charge in [0.1, 0.15) is 36.7 Å². The van der Waals surface area contributed by atoms with Crippen molar-refractivity contribution in [1.29, 1.82) is 0 Å². The van der Waals surface area contributed by atoms with E-state index < -0.39 is 0 Å². The minimum atomic E-state index is 0.256. The van der Waals surface area contributed by atoms with Crippen LogP contribution >= 0.6 is 0 Å². The molecule has 9 heteroatoms. The van der Waals surface area contributed by atoms with Crippen LogP contribution in [-0.4, -0.2) is 50.0 Å². The first-order valence-corrected chi connectivity index (χ1v) is 10.7. The number of quaternary nitrogens is 1. The Bertz CT molecular complexity index is 1220. The Balaban J connectivity index is 1.28. The van der Waals surface area contributed by atoms with Crippen molar-refractivity contribution in [3.63, 3.8) is 0 Å². The van der Waals surface area contributed by atoms with Crippen LogP contribution in [0.15, 0.2) is 55.1 Å². The maximum atomic E-state index is 6.00. The standard InChI is InChI=1S/C23H25N7O2/c1-15(2)30-12-18(13-30)31-17-5-7-22(24-11-17)32-16-4-6-20-19(10-16)23(26-14-25-20)27-21-8-9-29(3)28-21/h4-11,14-15,18H,12-13H2,1-3H3,(H,25,26,27,28)/p+1. The summed E-state index contributed by atoms with van der Waals surface area (Å²) >= 11 is 0. The summed E-state index contributed by atoms with van der Waals surface area (Å²) in [5, 5.41) is 8.41. The average molecular weight is 433 g/mol. The summed E-state index contributed by atoms with van der Waals surface area (Å²) < 4.78 is 13.7. The monoisotopic (exact) mass is 432 g/mol. The minimum Gasteiger partial charge on any atom is -0.477 e. The normalized spacial score (nSPS) is 17.9. The summed E-state index contributed by atoms with van der Waals surface area (Å²) in [7, 11) is 1.87. The topological polar surface area (TPSA) is 91.4 Å². The van der Waals surface area contributed by atoms with Gasteiger partial charge in [0, 0.05) is 30.8 Å². The molecule has 1 aliphatic rings. The number of likely N-dealkylation sites (tertiary alicyclic amines) is 1. The van der Waals surface area contributed by atoms with Gasteiger partial charge in [0.05, 0.1) is 17.8 Å².